The third kappa shape index (κ3) is 3.85. The van der Waals surface area contributed by atoms with Crippen LogP contribution in [0.4, 0.5) is 5.69 Å². The molecule has 1 fully saturated rings. The van der Waals surface area contributed by atoms with Gasteiger partial charge in [0.25, 0.3) is 0 Å². The molecule has 0 spiro atoms. The van der Waals surface area contributed by atoms with Gasteiger partial charge >= 0.3 is 0 Å². The van der Waals surface area contributed by atoms with E-state index in [1.54, 1.807) is 11.8 Å². The lowest BCUT2D eigenvalue weighted by molar-refractivity contribution is -0.129. The van der Waals surface area contributed by atoms with E-state index in [1.165, 1.54) is 0 Å². The maximum Gasteiger partial charge on any atom is 0.227 e. The largest absolute Gasteiger partial charge is 0.339 e. The number of amides is 2. The Morgan fingerprint density at radius 3 is 2.59 bits per heavy atom. The summed E-state index contributed by atoms with van der Waals surface area (Å²) in [6, 6.07) is 7.68. The maximum atomic E-state index is 12.4. The van der Waals surface area contributed by atoms with Gasteiger partial charge in [-0.1, -0.05) is 25.1 Å². The van der Waals surface area contributed by atoms with Gasteiger partial charge in [0.15, 0.2) is 0 Å². The molecule has 5 nitrogen and oxygen atoms in total. The molecule has 1 unspecified atom stereocenters. The number of carbonyl (C=O) groups is 2. The molecule has 0 bridgehead atoms. The zero-order valence-electron chi connectivity index (χ0n) is 13.6. The predicted octanol–water partition coefficient (Wildman–Crippen LogP) is 1.85. The summed E-state index contributed by atoms with van der Waals surface area (Å²) in [5, 5.41) is 6.22. The molecular weight excluding hydrogens is 278 g/mol. The van der Waals surface area contributed by atoms with Gasteiger partial charge in [-0.15, -0.1) is 0 Å². The topological polar surface area (TPSA) is 61.4 Å². The summed E-state index contributed by atoms with van der Waals surface area (Å²) in [6.45, 7) is 8.47. The lowest BCUT2D eigenvalue weighted by atomic mass is 9.88. The van der Waals surface area contributed by atoms with Crippen LogP contribution in [0.3, 0.4) is 0 Å². The predicted molar refractivity (Wildman–Crippen MR) is 87.4 cm³/mol. The normalized spacial score (nSPS) is 15.8. The van der Waals surface area contributed by atoms with Crippen LogP contribution in [0, 0.1) is 11.8 Å². The maximum absolute atomic E-state index is 12.4. The minimum absolute atomic E-state index is 0.00982. The fourth-order valence-electron chi connectivity index (χ4n) is 2.56. The van der Waals surface area contributed by atoms with Crippen LogP contribution in [-0.4, -0.2) is 36.3 Å². The van der Waals surface area contributed by atoms with Crippen molar-refractivity contribution in [2.24, 2.45) is 11.8 Å². The Morgan fingerprint density at radius 1 is 1.36 bits per heavy atom. The lowest BCUT2D eigenvalue weighted by Crippen LogP contribution is -2.48. The van der Waals surface area contributed by atoms with E-state index in [2.05, 4.69) is 10.6 Å². The van der Waals surface area contributed by atoms with Crippen molar-refractivity contribution in [3.05, 3.63) is 29.8 Å². The van der Waals surface area contributed by atoms with Gasteiger partial charge in [-0.3, -0.25) is 9.59 Å². The first-order chi connectivity index (χ1) is 10.5. The highest BCUT2D eigenvalue weighted by Gasteiger charge is 2.29. The van der Waals surface area contributed by atoms with E-state index in [4.69, 9.17) is 0 Å². The molecule has 5 heteroatoms. The molecule has 1 aliphatic rings. The Morgan fingerprint density at radius 2 is 2.05 bits per heavy atom. The van der Waals surface area contributed by atoms with E-state index in [1.807, 2.05) is 38.1 Å². The van der Waals surface area contributed by atoms with Crippen molar-refractivity contribution in [2.45, 2.75) is 27.3 Å². The fourth-order valence-corrected chi connectivity index (χ4v) is 2.56. The average Bonchev–Trinajstić information content (AvgIpc) is 2.43. The summed E-state index contributed by atoms with van der Waals surface area (Å²) in [6.07, 6.45) is 0. The zero-order valence-corrected chi connectivity index (χ0v) is 13.6. The molecular formula is C17H25N3O2. The quantitative estimate of drug-likeness (QED) is 0.843. The highest BCUT2D eigenvalue weighted by molar-refractivity contribution is 5.93. The summed E-state index contributed by atoms with van der Waals surface area (Å²) >= 11 is 0. The second-order valence-electron chi connectivity index (χ2n) is 5.89. The minimum atomic E-state index is -0.00982. The van der Waals surface area contributed by atoms with E-state index in [9.17, 15) is 9.59 Å². The van der Waals surface area contributed by atoms with E-state index >= 15 is 0 Å². The van der Waals surface area contributed by atoms with Gasteiger partial charge in [0.1, 0.15) is 0 Å². The molecule has 0 aromatic heterocycles. The highest BCUT2D eigenvalue weighted by atomic mass is 16.2. The first-order valence-electron chi connectivity index (χ1n) is 7.88. The third-order valence-corrected chi connectivity index (χ3v) is 4.40. The Kier molecular flexibility index (Phi) is 5.55. The van der Waals surface area contributed by atoms with Crippen LogP contribution in [0.15, 0.2) is 24.3 Å². The lowest BCUT2D eigenvalue weighted by Gasteiger charge is -2.32. The minimum Gasteiger partial charge on any atom is -0.339 e. The number of nitrogens with zero attached hydrogens (tertiary/aromatic N) is 1. The van der Waals surface area contributed by atoms with E-state index in [0.717, 1.165) is 24.3 Å². The molecule has 22 heavy (non-hydrogen) atoms. The number of hydrogen-bond donors (Lipinski definition) is 2. The van der Waals surface area contributed by atoms with Gasteiger partial charge in [-0.05, 0) is 37.6 Å². The van der Waals surface area contributed by atoms with Crippen LogP contribution in [0.2, 0.25) is 0 Å². The number of hydrogen-bond acceptors (Lipinski definition) is 3. The molecule has 1 aliphatic heterocycles. The second-order valence-corrected chi connectivity index (χ2v) is 5.89. The molecule has 120 valence electrons. The average molecular weight is 303 g/mol. The summed E-state index contributed by atoms with van der Waals surface area (Å²) < 4.78 is 0. The molecule has 1 saturated heterocycles. The summed E-state index contributed by atoms with van der Waals surface area (Å²) in [5.74, 6) is 0.489. The van der Waals surface area contributed by atoms with Crippen molar-refractivity contribution in [3.8, 4) is 0 Å². The number of rotatable bonds is 6. The summed E-state index contributed by atoms with van der Waals surface area (Å²) in [5.41, 5.74) is 1.76. The molecule has 2 N–H and O–H groups in total. The van der Waals surface area contributed by atoms with Crippen molar-refractivity contribution in [1.82, 2.24) is 10.2 Å². The standard InChI is InChI=1S/C17H25N3O2/c1-4-20(13(3)21)11-14-7-5-6-8-16(14)19-17(22)12(2)15-9-18-10-15/h5-8,12,15,18H,4,9-11H2,1-3H3,(H,19,22). The van der Waals surface area contributed by atoms with Crippen LogP contribution in [0.1, 0.15) is 26.3 Å². The molecule has 0 aliphatic carbocycles. The number of anilines is 1. The van der Waals surface area contributed by atoms with Crippen molar-refractivity contribution in [3.63, 3.8) is 0 Å². The van der Waals surface area contributed by atoms with Crippen molar-refractivity contribution in [1.29, 1.82) is 0 Å². The van der Waals surface area contributed by atoms with Crippen LogP contribution in [0.25, 0.3) is 0 Å². The molecule has 2 rings (SSSR count). The second kappa shape index (κ2) is 7.40. The molecule has 1 aromatic carbocycles. The van der Waals surface area contributed by atoms with Crippen LogP contribution < -0.4 is 10.6 Å². The smallest absolute Gasteiger partial charge is 0.227 e. The first kappa shape index (κ1) is 16.5. The number of benzene rings is 1. The van der Waals surface area contributed by atoms with Gasteiger partial charge in [0, 0.05) is 31.6 Å². The number of carbonyl (C=O) groups excluding carboxylic acids is 2. The Labute approximate surface area is 132 Å². The molecule has 0 radical (unpaired) electrons. The number of nitrogens with one attached hydrogen (secondary N) is 2. The molecule has 1 heterocycles. The van der Waals surface area contributed by atoms with Crippen LogP contribution in [-0.2, 0) is 16.1 Å². The van der Waals surface area contributed by atoms with Crippen LogP contribution >= 0.6 is 0 Å². The van der Waals surface area contributed by atoms with Crippen molar-refractivity contribution >= 4 is 17.5 Å². The molecule has 1 aromatic rings. The first-order valence-corrected chi connectivity index (χ1v) is 7.88. The van der Waals surface area contributed by atoms with Gasteiger partial charge in [0.2, 0.25) is 11.8 Å². The molecule has 0 saturated carbocycles. The van der Waals surface area contributed by atoms with Crippen LogP contribution in [0.5, 0.6) is 0 Å². The molecule has 1 atom stereocenters. The van der Waals surface area contributed by atoms with Crippen molar-refractivity contribution in [2.75, 3.05) is 25.0 Å². The van der Waals surface area contributed by atoms with Gasteiger partial charge in [-0.2, -0.15) is 0 Å². The van der Waals surface area contributed by atoms with E-state index < -0.39 is 0 Å². The van der Waals surface area contributed by atoms with Gasteiger partial charge in [-0.25, -0.2) is 0 Å². The molecule has 2 amide bonds. The third-order valence-electron chi connectivity index (χ3n) is 4.40. The van der Waals surface area contributed by atoms with E-state index in [0.29, 0.717) is 19.0 Å². The summed E-state index contributed by atoms with van der Waals surface area (Å²) in [4.78, 5) is 25.7. The van der Waals surface area contributed by atoms with E-state index in [-0.39, 0.29) is 17.7 Å². The van der Waals surface area contributed by atoms with Crippen molar-refractivity contribution < 1.29 is 9.59 Å². The summed E-state index contributed by atoms with van der Waals surface area (Å²) in [7, 11) is 0. The Hall–Kier alpha value is -1.88. The zero-order chi connectivity index (χ0) is 16.1. The highest BCUT2D eigenvalue weighted by Crippen LogP contribution is 2.21. The van der Waals surface area contributed by atoms with Gasteiger partial charge in [0.05, 0.1) is 0 Å². The number of para-hydroxylation sites is 1. The fraction of sp³-hybridized carbons (Fsp3) is 0.529. The monoisotopic (exact) mass is 303 g/mol. The van der Waals surface area contributed by atoms with Gasteiger partial charge < -0.3 is 15.5 Å². The Bertz CT molecular complexity index is 540. The Balaban J connectivity index is 2.07. The SMILES string of the molecule is CCN(Cc1ccccc1NC(=O)C(C)C1CNC1)C(C)=O.